The van der Waals surface area contributed by atoms with E-state index in [9.17, 15) is 0 Å². The zero-order valence-corrected chi connectivity index (χ0v) is 12.2. The van der Waals surface area contributed by atoms with Crippen LogP contribution in [0.5, 0.6) is 0 Å². The van der Waals surface area contributed by atoms with Gasteiger partial charge in [0.05, 0.1) is 13.2 Å². The third-order valence-electron chi connectivity index (χ3n) is 3.87. The Bertz CT molecular complexity index is 627. The smallest absolute Gasteiger partial charge is 0.191 e. The van der Waals surface area contributed by atoms with Crippen LogP contribution in [0.25, 0.3) is 10.8 Å². The molecule has 0 atom stereocenters. The number of hydrogen-bond acceptors (Lipinski definition) is 2. The van der Waals surface area contributed by atoms with E-state index in [-0.39, 0.29) is 0 Å². The van der Waals surface area contributed by atoms with Gasteiger partial charge in [0.2, 0.25) is 0 Å². The third kappa shape index (κ3) is 3.34. The van der Waals surface area contributed by atoms with E-state index >= 15 is 0 Å². The minimum atomic E-state index is 0.638. The highest BCUT2D eigenvalue weighted by molar-refractivity contribution is 5.85. The highest BCUT2D eigenvalue weighted by atomic mass is 16.5. The summed E-state index contributed by atoms with van der Waals surface area (Å²) in [6.07, 6.45) is 0.909. The van der Waals surface area contributed by atoms with Crippen molar-refractivity contribution in [2.45, 2.75) is 6.42 Å². The zero-order valence-electron chi connectivity index (χ0n) is 12.2. The minimum Gasteiger partial charge on any atom is -0.378 e. The van der Waals surface area contributed by atoms with E-state index in [0.29, 0.717) is 5.96 Å². The highest BCUT2D eigenvalue weighted by Gasteiger charge is 2.11. The van der Waals surface area contributed by atoms with Gasteiger partial charge in [-0.1, -0.05) is 42.5 Å². The van der Waals surface area contributed by atoms with Crippen LogP contribution in [0.15, 0.2) is 47.5 Å². The van der Waals surface area contributed by atoms with Crippen LogP contribution in [-0.4, -0.2) is 43.7 Å². The Balaban J connectivity index is 1.66. The van der Waals surface area contributed by atoms with Crippen LogP contribution in [-0.2, 0) is 11.2 Å². The number of nitrogens with two attached hydrogens (primary N) is 1. The predicted octanol–water partition coefficient (Wildman–Crippen LogP) is 2.03. The van der Waals surface area contributed by atoms with Gasteiger partial charge < -0.3 is 15.4 Å². The highest BCUT2D eigenvalue weighted by Crippen LogP contribution is 2.18. The maximum atomic E-state index is 6.05. The first-order valence-electron chi connectivity index (χ1n) is 7.44. The SMILES string of the molecule is NC(=NCCc1cccc2ccccc12)N1CCOCC1. The Morgan fingerprint density at radius 2 is 1.86 bits per heavy atom. The Labute approximate surface area is 125 Å². The molecule has 110 valence electrons. The molecule has 0 aromatic heterocycles. The Morgan fingerprint density at radius 3 is 2.71 bits per heavy atom. The third-order valence-corrected chi connectivity index (χ3v) is 3.87. The van der Waals surface area contributed by atoms with E-state index in [4.69, 9.17) is 10.5 Å². The van der Waals surface area contributed by atoms with Crippen molar-refractivity contribution in [3.05, 3.63) is 48.0 Å². The first-order chi connectivity index (χ1) is 10.3. The van der Waals surface area contributed by atoms with Crippen molar-refractivity contribution in [1.29, 1.82) is 0 Å². The second-order valence-corrected chi connectivity index (χ2v) is 5.23. The van der Waals surface area contributed by atoms with E-state index in [0.717, 1.165) is 39.3 Å². The summed E-state index contributed by atoms with van der Waals surface area (Å²) < 4.78 is 5.32. The quantitative estimate of drug-likeness (QED) is 0.692. The van der Waals surface area contributed by atoms with Gasteiger partial charge in [0, 0.05) is 19.6 Å². The summed E-state index contributed by atoms with van der Waals surface area (Å²) >= 11 is 0. The molecule has 0 bridgehead atoms. The minimum absolute atomic E-state index is 0.638. The zero-order chi connectivity index (χ0) is 14.5. The Morgan fingerprint density at radius 1 is 1.10 bits per heavy atom. The molecule has 0 spiro atoms. The van der Waals surface area contributed by atoms with Gasteiger partial charge in [0.25, 0.3) is 0 Å². The summed E-state index contributed by atoms with van der Waals surface area (Å²) in [5, 5.41) is 2.58. The summed E-state index contributed by atoms with van der Waals surface area (Å²) in [6, 6.07) is 14.9. The van der Waals surface area contributed by atoms with Gasteiger partial charge in [-0.05, 0) is 22.8 Å². The fourth-order valence-electron chi connectivity index (χ4n) is 2.69. The summed E-state index contributed by atoms with van der Waals surface area (Å²) in [4.78, 5) is 6.60. The van der Waals surface area contributed by atoms with Gasteiger partial charge in [-0.3, -0.25) is 4.99 Å². The molecular formula is C17H21N3O. The average molecular weight is 283 g/mol. The average Bonchev–Trinajstić information content (AvgIpc) is 2.56. The molecule has 1 aliphatic heterocycles. The lowest BCUT2D eigenvalue weighted by Gasteiger charge is -2.27. The molecule has 4 heteroatoms. The number of benzene rings is 2. The summed E-state index contributed by atoms with van der Waals surface area (Å²) in [5.41, 5.74) is 7.37. The Hall–Kier alpha value is -2.07. The van der Waals surface area contributed by atoms with E-state index in [1.165, 1.54) is 16.3 Å². The molecule has 2 aromatic rings. The van der Waals surface area contributed by atoms with Crippen LogP contribution in [0, 0.1) is 0 Å². The monoisotopic (exact) mass is 283 g/mol. The van der Waals surface area contributed by atoms with Gasteiger partial charge in [0.1, 0.15) is 0 Å². The van der Waals surface area contributed by atoms with Crippen LogP contribution in [0.3, 0.4) is 0 Å². The van der Waals surface area contributed by atoms with Gasteiger partial charge in [-0.15, -0.1) is 0 Å². The predicted molar refractivity (Wildman–Crippen MR) is 86.5 cm³/mol. The molecule has 1 fully saturated rings. The second kappa shape index (κ2) is 6.59. The number of guanidine groups is 1. The number of rotatable bonds is 3. The molecule has 1 aliphatic rings. The summed E-state index contributed by atoms with van der Waals surface area (Å²) in [5.74, 6) is 0.638. The van der Waals surface area contributed by atoms with Crippen LogP contribution in [0.4, 0.5) is 0 Å². The lowest BCUT2D eigenvalue weighted by molar-refractivity contribution is 0.0674. The van der Waals surface area contributed by atoms with E-state index in [1.807, 2.05) is 0 Å². The first kappa shape index (κ1) is 13.9. The lowest BCUT2D eigenvalue weighted by Crippen LogP contribution is -2.44. The topological polar surface area (TPSA) is 50.8 Å². The number of ether oxygens (including phenoxy) is 1. The summed E-state index contributed by atoms with van der Waals surface area (Å²) in [6.45, 7) is 3.86. The van der Waals surface area contributed by atoms with E-state index < -0.39 is 0 Å². The van der Waals surface area contributed by atoms with Gasteiger partial charge in [-0.2, -0.15) is 0 Å². The number of morpholine rings is 1. The van der Waals surface area contributed by atoms with Crippen LogP contribution in [0.2, 0.25) is 0 Å². The van der Waals surface area contributed by atoms with Crippen LogP contribution >= 0.6 is 0 Å². The maximum Gasteiger partial charge on any atom is 0.191 e. The lowest BCUT2D eigenvalue weighted by atomic mass is 10.0. The molecule has 0 radical (unpaired) electrons. The molecule has 21 heavy (non-hydrogen) atoms. The molecule has 1 saturated heterocycles. The number of aliphatic imine (C=N–C) groups is 1. The fraction of sp³-hybridized carbons (Fsp3) is 0.353. The Kier molecular flexibility index (Phi) is 4.36. The summed E-state index contributed by atoms with van der Waals surface area (Å²) in [7, 11) is 0. The normalized spacial score (nSPS) is 16.4. The van der Waals surface area contributed by atoms with Crippen molar-refractivity contribution in [3.63, 3.8) is 0 Å². The molecule has 2 N–H and O–H groups in total. The molecule has 3 rings (SSSR count). The molecule has 1 heterocycles. The van der Waals surface area contributed by atoms with Gasteiger partial charge >= 0.3 is 0 Å². The van der Waals surface area contributed by atoms with Crippen molar-refractivity contribution in [2.24, 2.45) is 10.7 Å². The molecule has 0 amide bonds. The number of nitrogens with zero attached hydrogens (tertiary/aromatic N) is 2. The molecule has 4 nitrogen and oxygen atoms in total. The molecule has 0 saturated carbocycles. The standard InChI is InChI=1S/C17H21N3O/c18-17(20-10-12-21-13-11-20)19-9-8-15-6-3-5-14-4-1-2-7-16(14)15/h1-7H,8-13H2,(H2,18,19). The van der Waals surface area contributed by atoms with Gasteiger partial charge in [0.15, 0.2) is 5.96 Å². The maximum absolute atomic E-state index is 6.05. The van der Waals surface area contributed by atoms with Crippen LogP contribution in [0.1, 0.15) is 5.56 Å². The molecule has 0 unspecified atom stereocenters. The first-order valence-corrected chi connectivity index (χ1v) is 7.44. The molecule has 0 aliphatic carbocycles. The van der Waals surface area contributed by atoms with Crippen molar-refractivity contribution < 1.29 is 4.74 Å². The van der Waals surface area contributed by atoms with Crippen molar-refractivity contribution in [3.8, 4) is 0 Å². The number of fused-ring (bicyclic) bond motifs is 1. The van der Waals surface area contributed by atoms with Crippen LogP contribution < -0.4 is 5.73 Å². The number of hydrogen-bond donors (Lipinski definition) is 1. The van der Waals surface area contributed by atoms with Crippen molar-refractivity contribution in [1.82, 2.24) is 4.90 Å². The van der Waals surface area contributed by atoms with Crippen molar-refractivity contribution >= 4 is 16.7 Å². The van der Waals surface area contributed by atoms with Gasteiger partial charge in [-0.25, -0.2) is 0 Å². The fourth-order valence-corrected chi connectivity index (χ4v) is 2.69. The molecular weight excluding hydrogens is 262 g/mol. The van der Waals surface area contributed by atoms with Crippen molar-refractivity contribution in [2.75, 3.05) is 32.8 Å². The second-order valence-electron chi connectivity index (χ2n) is 5.23. The molecule has 2 aromatic carbocycles. The van der Waals surface area contributed by atoms with E-state index in [1.54, 1.807) is 0 Å². The van der Waals surface area contributed by atoms with E-state index in [2.05, 4.69) is 52.4 Å². The largest absolute Gasteiger partial charge is 0.378 e.